The Kier molecular flexibility index (Phi) is 4.14. The maximum Gasteiger partial charge on any atom is 0.143 e. The quantitative estimate of drug-likeness (QED) is 0.942. The Hall–Kier alpha value is -1.20. The molecular formula is C13H14BrFN2O. The third-order valence-electron chi connectivity index (χ3n) is 2.78. The molecule has 0 spiro atoms. The zero-order chi connectivity index (χ0) is 13.1. The molecule has 1 heterocycles. The second kappa shape index (κ2) is 5.63. The third kappa shape index (κ3) is 2.79. The fourth-order valence-corrected chi connectivity index (χ4v) is 2.18. The Morgan fingerprint density at radius 3 is 2.94 bits per heavy atom. The van der Waals surface area contributed by atoms with Crippen molar-refractivity contribution in [3.8, 4) is 0 Å². The van der Waals surface area contributed by atoms with Crippen LogP contribution in [0, 0.1) is 5.82 Å². The molecule has 18 heavy (non-hydrogen) atoms. The van der Waals surface area contributed by atoms with E-state index in [9.17, 15) is 9.50 Å². The van der Waals surface area contributed by atoms with Crippen LogP contribution >= 0.6 is 15.9 Å². The summed E-state index contributed by atoms with van der Waals surface area (Å²) in [7, 11) is 0. The average Bonchev–Trinajstić information content (AvgIpc) is 2.80. The number of aliphatic hydroxyl groups is 1. The van der Waals surface area contributed by atoms with Crippen LogP contribution in [0.3, 0.4) is 0 Å². The Morgan fingerprint density at radius 2 is 2.28 bits per heavy atom. The van der Waals surface area contributed by atoms with Crippen molar-refractivity contribution in [2.24, 2.45) is 0 Å². The van der Waals surface area contributed by atoms with Gasteiger partial charge < -0.3 is 5.11 Å². The first-order valence-corrected chi connectivity index (χ1v) is 6.54. The van der Waals surface area contributed by atoms with Gasteiger partial charge in [0.25, 0.3) is 0 Å². The molecule has 3 nitrogen and oxygen atoms in total. The Bertz CT molecular complexity index is 542. The van der Waals surface area contributed by atoms with Crippen LogP contribution in [0.4, 0.5) is 4.39 Å². The minimum Gasteiger partial charge on any atom is -0.388 e. The molecule has 0 amide bonds. The first-order chi connectivity index (χ1) is 8.61. The number of aryl methyl sites for hydroxylation is 1. The summed E-state index contributed by atoms with van der Waals surface area (Å²) in [5.74, 6) is -0.409. The van der Waals surface area contributed by atoms with E-state index in [0.29, 0.717) is 16.5 Å². The summed E-state index contributed by atoms with van der Waals surface area (Å²) in [5, 5.41) is 14.2. The van der Waals surface area contributed by atoms with E-state index >= 15 is 0 Å². The highest BCUT2D eigenvalue weighted by Gasteiger charge is 2.15. The SMILES string of the molecule is CCn1cc(CC(O)c2cccc(Br)c2F)cn1. The van der Waals surface area contributed by atoms with Crippen molar-refractivity contribution in [2.75, 3.05) is 0 Å². The summed E-state index contributed by atoms with van der Waals surface area (Å²) in [5.41, 5.74) is 1.19. The van der Waals surface area contributed by atoms with Gasteiger partial charge >= 0.3 is 0 Å². The van der Waals surface area contributed by atoms with Crippen LogP contribution in [0.2, 0.25) is 0 Å². The van der Waals surface area contributed by atoms with Crippen LogP contribution < -0.4 is 0 Å². The summed E-state index contributed by atoms with van der Waals surface area (Å²) in [6.45, 7) is 2.77. The molecule has 0 saturated carbocycles. The van der Waals surface area contributed by atoms with Crippen molar-refractivity contribution in [2.45, 2.75) is 26.0 Å². The van der Waals surface area contributed by atoms with Gasteiger partial charge in [-0.2, -0.15) is 5.10 Å². The standard InChI is InChI=1S/C13H14BrFN2O/c1-2-17-8-9(7-16-17)6-12(18)10-4-3-5-11(14)13(10)15/h3-5,7-8,12,18H,2,6H2,1H3. The molecule has 5 heteroatoms. The molecule has 0 aliphatic heterocycles. The molecule has 1 aromatic heterocycles. The normalized spacial score (nSPS) is 12.7. The maximum absolute atomic E-state index is 13.8. The van der Waals surface area contributed by atoms with Crippen LogP contribution in [0.15, 0.2) is 35.1 Å². The van der Waals surface area contributed by atoms with Crippen molar-refractivity contribution >= 4 is 15.9 Å². The van der Waals surface area contributed by atoms with E-state index in [-0.39, 0.29) is 0 Å². The molecule has 0 radical (unpaired) electrons. The van der Waals surface area contributed by atoms with Gasteiger partial charge in [-0.05, 0) is 34.5 Å². The van der Waals surface area contributed by atoms with Gasteiger partial charge in [0.15, 0.2) is 0 Å². The molecule has 1 aromatic carbocycles. The van der Waals surface area contributed by atoms with E-state index < -0.39 is 11.9 Å². The zero-order valence-corrected chi connectivity index (χ0v) is 11.6. The highest BCUT2D eigenvalue weighted by Crippen LogP contribution is 2.25. The van der Waals surface area contributed by atoms with Crippen molar-refractivity contribution in [1.29, 1.82) is 0 Å². The molecular weight excluding hydrogens is 299 g/mol. The average molecular weight is 313 g/mol. The lowest BCUT2D eigenvalue weighted by Gasteiger charge is -2.11. The van der Waals surface area contributed by atoms with Crippen molar-refractivity contribution in [3.63, 3.8) is 0 Å². The first kappa shape index (κ1) is 13.2. The molecule has 2 rings (SSSR count). The second-order valence-corrected chi connectivity index (χ2v) is 4.92. The molecule has 1 unspecified atom stereocenters. The minimum absolute atomic E-state index is 0.300. The summed E-state index contributed by atoms with van der Waals surface area (Å²) in [6, 6.07) is 4.91. The number of rotatable bonds is 4. The van der Waals surface area contributed by atoms with E-state index in [0.717, 1.165) is 12.1 Å². The minimum atomic E-state index is -0.864. The smallest absolute Gasteiger partial charge is 0.143 e. The van der Waals surface area contributed by atoms with E-state index in [1.807, 2.05) is 13.1 Å². The van der Waals surface area contributed by atoms with Gasteiger partial charge in [0, 0.05) is 24.7 Å². The molecule has 0 aliphatic carbocycles. The van der Waals surface area contributed by atoms with Gasteiger partial charge in [-0.15, -0.1) is 0 Å². The molecule has 1 atom stereocenters. The highest BCUT2D eigenvalue weighted by atomic mass is 79.9. The molecule has 0 fully saturated rings. The molecule has 2 aromatic rings. The Morgan fingerprint density at radius 1 is 1.50 bits per heavy atom. The first-order valence-electron chi connectivity index (χ1n) is 5.75. The van der Waals surface area contributed by atoms with Crippen LogP contribution in [0.25, 0.3) is 0 Å². The molecule has 96 valence electrons. The number of hydrogen-bond donors (Lipinski definition) is 1. The topological polar surface area (TPSA) is 38.0 Å². The van der Waals surface area contributed by atoms with Gasteiger partial charge in [0.05, 0.1) is 16.8 Å². The fraction of sp³-hybridized carbons (Fsp3) is 0.308. The zero-order valence-electron chi connectivity index (χ0n) is 9.98. The van der Waals surface area contributed by atoms with Crippen molar-refractivity contribution in [3.05, 3.63) is 52.0 Å². The molecule has 0 bridgehead atoms. The summed E-state index contributed by atoms with van der Waals surface area (Å²) >= 11 is 3.11. The number of aromatic nitrogens is 2. The Balaban J connectivity index is 2.16. The number of benzene rings is 1. The largest absolute Gasteiger partial charge is 0.388 e. The van der Waals surface area contributed by atoms with Gasteiger partial charge in [0.1, 0.15) is 5.82 Å². The summed E-state index contributed by atoms with van der Waals surface area (Å²) < 4.78 is 15.9. The predicted molar refractivity (Wildman–Crippen MR) is 70.7 cm³/mol. The predicted octanol–water partition coefficient (Wildman–Crippen LogP) is 3.08. The number of hydrogen-bond acceptors (Lipinski definition) is 2. The van der Waals surface area contributed by atoms with E-state index in [4.69, 9.17) is 0 Å². The number of nitrogens with zero attached hydrogens (tertiary/aromatic N) is 2. The lowest BCUT2D eigenvalue weighted by Crippen LogP contribution is -2.04. The molecule has 0 aliphatic rings. The summed E-state index contributed by atoms with van der Waals surface area (Å²) in [4.78, 5) is 0. The van der Waals surface area contributed by atoms with Gasteiger partial charge in [-0.3, -0.25) is 4.68 Å². The third-order valence-corrected chi connectivity index (χ3v) is 3.39. The molecule has 1 N–H and O–H groups in total. The van der Waals surface area contributed by atoms with Crippen molar-refractivity contribution < 1.29 is 9.50 Å². The van der Waals surface area contributed by atoms with Crippen LogP contribution in [0.1, 0.15) is 24.2 Å². The van der Waals surface area contributed by atoms with Gasteiger partial charge in [-0.25, -0.2) is 4.39 Å². The lowest BCUT2D eigenvalue weighted by atomic mass is 10.0. The maximum atomic E-state index is 13.8. The van der Waals surface area contributed by atoms with Crippen LogP contribution in [-0.4, -0.2) is 14.9 Å². The monoisotopic (exact) mass is 312 g/mol. The molecule has 0 saturated heterocycles. The van der Waals surface area contributed by atoms with Crippen LogP contribution in [-0.2, 0) is 13.0 Å². The van der Waals surface area contributed by atoms with Gasteiger partial charge in [0.2, 0.25) is 0 Å². The Labute approximate surface area is 113 Å². The lowest BCUT2D eigenvalue weighted by molar-refractivity contribution is 0.173. The second-order valence-electron chi connectivity index (χ2n) is 4.07. The fourth-order valence-electron chi connectivity index (χ4n) is 1.80. The van der Waals surface area contributed by atoms with Gasteiger partial charge in [-0.1, -0.05) is 12.1 Å². The number of halogens is 2. The van der Waals surface area contributed by atoms with Crippen LogP contribution in [0.5, 0.6) is 0 Å². The van der Waals surface area contributed by atoms with E-state index in [2.05, 4.69) is 21.0 Å². The van der Waals surface area contributed by atoms with E-state index in [1.54, 1.807) is 29.1 Å². The number of aliphatic hydroxyl groups excluding tert-OH is 1. The van der Waals surface area contributed by atoms with E-state index in [1.165, 1.54) is 0 Å². The highest BCUT2D eigenvalue weighted by molar-refractivity contribution is 9.10. The summed E-state index contributed by atoms with van der Waals surface area (Å²) in [6.07, 6.45) is 3.05. The van der Waals surface area contributed by atoms with Crippen molar-refractivity contribution in [1.82, 2.24) is 9.78 Å².